The van der Waals surface area contributed by atoms with Crippen LogP contribution in [0.1, 0.15) is 52.8 Å². The average molecular weight is 422 g/mol. The standard InChI is InChI=1S/C23H26N4O4/c1-14-9-19(16(3)27(14)15(2)13-31-5)20(28)12-26-21(29)23(4,25-22(26)30)18-8-6-7-17(10-18)11-24/h6-10,15H,12-13H2,1-5H3,(H,25,30). The predicted octanol–water partition coefficient (Wildman–Crippen LogP) is 2.83. The fourth-order valence-electron chi connectivity index (χ4n) is 4.22. The zero-order valence-corrected chi connectivity index (χ0v) is 18.4. The fraction of sp³-hybridized carbons (Fsp3) is 0.391. The van der Waals surface area contributed by atoms with Crippen molar-refractivity contribution in [1.82, 2.24) is 14.8 Å². The Kier molecular flexibility index (Phi) is 6.00. The van der Waals surface area contributed by atoms with Gasteiger partial charge in [-0.3, -0.25) is 14.5 Å². The SMILES string of the molecule is COCC(C)n1c(C)cc(C(=O)CN2C(=O)NC(C)(c3cccc(C#N)c3)C2=O)c1C. The van der Waals surface area contributed by atoms with Crippen molar-refractivity contribution < 1.29 is 19.1 Å². The van der Waals surface area contributed by atoms with Crippen LogP contribution in [0.15, 0.2) is 30.3 Å². The molecule has 8 nitrogen and oxygen atoms in total. The lowest BCUT2D eigenvalue weighted by Gasteiger charge is -2.22. The summed E-state index contributed by atoms with van der Waals surface area (Å²) in [6, 6.07) is 9.73. The third kappa shape index (κ3) is 3.84. The molecule has 1 aromatic carbocycles. The molecule has 8 heteroatoms. The van der Waals surface area contributed by atoms with E-state index in [2.05, 4.69) is 5.32 Å². The molecule has 31 heavy (non-hydrogen) atoms. The van der Waals surface area contributed by atoms with Crippen LogP contribution >= 0.6 is 0 Å². The van der Waals surface area contributed by atoms with E-state index in [1.54, 1.807) is 44.4 Å². The second-order valence-corrected chi connectivity index (χ2v) is 8.02. The first-order valence-electron chi connectivity index (χ1n) is 9.99. The van der Waals surface area contributed by atoms with Crippen molar-refractivity contribution >= 4 is 17.7 Å². The number of nitrogens with one attached hydrogen (secondary N) is 1. The van der Waals surface area contributed by atoms with Gasteiger partial charge in [0.2, 0.25) is 0 Å². The molecule has 2 heterocycles. The van der Waals surface area contributed by atoms with Crippen LogP contribution in [0, 0.1) is 25.2 Å². The Labute approximate surface area is 181 Å². The highest BCUT2D eigenvalue weighted by Crippen LogP contribution is 2.30. The third-order valence-corrected chi connectivity index (χ3v) is 5.78. The van der Waals surface area contributed by atoms with Gasteiger partial charge in [-0.05, 0) is 51.5 Å². The Morgan fingerprint density at radius 2 is 2.00 bits per heavy atom. The molecule has 3 amide bonds. The lowest BCUT2D eigenvalue weighted by Crippen LogP contribution is -2.41. The van der Waals surface area contributed by atoms with Crippen molar-refractivity contribution in [3.05, 3.63) is 58.4 Å². The molecule has 0 bridgehead atoms. The van der Waals surface area contributed by atoms with Gasteiger partial charge in [-0.15, -0.1) is 0 Å². The minimum absolute atomic E-state index is 0.0407. The van der Waals surface area contributed by atoms with E-state index in [0.29, 0.717) is 23.3 Å². The molecule has 0 spiro atoms. The first kappa shape index (κ1) is 22.2. The Morgan fingerprint density at radius 3 is 2.65 bits per heavy atom. The highest BCUT2D eigenvalue weighted by Gasteiger charge is 2.49. The molecular weight excluding hydrogens is 396 g/mol. The number of nitriles is 1. The van der Waals surface area contributed by atoms with Crippen LogP contribution in [-0.4, -0.2) is 47.4 Å². The van der Waals surface area contributed by atoms with E-state index < -0.39 is 17.5 Å². The fourth-order valence-corrected chi connectivity index (χ4v) is 4.22. The lowest BCUT2D eigenvalue weighted by molar-refractivity contribution is -0.130. The largest absolute Gasteiger partial charge is 0.383 e. The molecule has 2 unspecified atom stereocenters. The zero-order valence-electron chi connectivity index (χ0n) is 18.4. The number of hydrogen-bond donors (Lipinski definition) is 1. The number of aryl methyl sites for hydroxylation is 1. The Morgan fingerprint density at radius 1 is 1.29 bits per heavy atom. The number of carbonyl (C=O) groups is 3. The maximum absolute atomic E-state index is 13.1. The van der Waals surface area contributed by atoms with Crippen LogP contribution in [0.4, 0.5) is 4.79 Å². The van der Waals surface area contributed by atoms with Gasteiger partial charge in [0.1, 0.15) is 5.54 Å². The van der Waals surface area contributed by atoms with E-state index in [9.17, 15) is 14.4 Å². The number of amides is 3. The predicted molar refractivity (Wildman–Crippen MR) is 114 cm³/mol. The number of hydrogen-bond acceptors (Lipinski definition) is 5. The number of carbonyl (C=O) groups excluding carboxylic acids is 3. The van der Waals surface area contributed by atoms with Crippen LogP contribution < -0.4 is 5.32 Å². The van der Waals surface area contributed by atoms with Gasteiger partial charge < -0.3 is 14.6 Å². The number of ether oxygens (including phenoxy) is 1. The first-order chi connectivity index (χ1) is 14.6. The highest BCUT2D eigenvalue weighted by molar-refractivity contribution is 6.11. The number of nitrogens with zero attached hydrogens (tertiary/aromatic N) is 3. The molecule has 1 N–H and O–H groups in total. The monoisotopic (exact) mass is 422 g/mol. The van der Waals surface area contributed by atoms with Crippen molar-refractivity contribution in [2.75, 3.05) is 20.3 Å². The topological polar surface area (TPSA) is 104 Å². The zero-order chi connectivity index (χ0) is 22.9. The Hall–Kier alpha value is -3.44. The second kappa shape index (κ2) is 8.36. The van der Waals surface area contributed by atoms with Gasteiger partial charge in [-0.2, -0.15) is 5.26 Å². The molecule has 1 fully saturated rings. The number of methoxy groups -OCH3 is 1. The molecule has 2 aromatic rings. The molecule has 3 rings (SSSR count). The second-order valence-electron chi connectivity index (χ2n) is 8.02. The normalized spacial score (nSPS) is 19.3. The first-order valence-corrected chi connectivity index (χ1v) is 9.99. The molecule has 1 saturated heterocycles. The molecule has 162 valence electrons. The van der Waals surface area contributed by atoms with Crippen molar-refractivity contribution in [3.63, 3.8) is 0 Å². The molecule has 0 saturated carbocycles. The van der Waals surface area contributed by atoms with E-state index in [-0.39, 0.29) is 18.4 Å². The van der Waals surface area contributed by atoms with Gasteiger partial charge in [0.05, 0.1) is 30.8 Å². The van der Waals surface area contributed by atoms with Crippen LogP contribution in [0.3, 0.4) is 0 Å². The van der Waals surface area contributed by atoms with Crippen LogP contribution in [0.5, 0.6) is 0 Å². The van der Waals surface area contributed by atoms with Crippen LogP contribution in [0.25, 0.3) is 0 Å². The van der Waals surface area contributed by atoms with Gasteiger partial charge in [0.25, 0.3) is 5.91 Å². The van der Waals surface area contributed by atoms with Gasteiger partial charge in [-0.1, -0.05) is 12.1 Å². The van der Waals surface area contributed by atoms with E-state index >= 15 is 0 Å². The van der Waals surface area contributed by atoms with Gasteiger partial charge >= 0.3 is 6.03 Å². The summed E-state index contributed by atoms with van der Waals surface area (Å²) in [5, 5.41) is 11.8. The number of benzene rings is 1. The van der Waals surface area contributed by atoms with E-state index in [1.807, 2.05) is 31.4 Å². The summed E-state index contributed by atoms with van der Waals surface area (Å²) in [5.74, 6) is -0.843. The number of urea groups is 1. The van der Waals surface area contributed by atoms with E-state index in [1.165, 1.54) is 0 Å². The van der Waals surface area contributed by atoms with Crippen molar-refractivity contribution in [3.8, 4) is 6.07 Å². The maximum Gasteiger partial charge on any atom is 0.325 e. The quantitative estimate of drug-likeness (QED) is 0.546. The Bertz CT molecular complexity index is 1100. The lowest BCUT2D eigenvalue weighted by atomic mass is 9.91. The summed E-state index contributed by atoms with van der Waals surface area (Å²) >= 11 is 0. The number of ketones is 1. The number of Topliss-reactive ketones (excluding diaryl/α,β-unsaturated/α-hetero) is 1. The van der Waals surface area contributed by atoms with Crippen molar-refractivity contribution in [2.45, 2.75) is 39.3 Å². The molecule has 1 aliphatic rings. The number of aromatic nitrogens is 1. The molecular formula is C23H26N4O4. The minimum Gasteiger partial charge on any atom is -0.383 e. The number of imide groups is 1. The molecule has 1 aromatic heterocycles. The number of rotatable bonds is 7. The summed E-state index contributed by atoms with van der Waals surface area (Å²) in [4.78, 5) is 39.7. The van der Waals surface area contributed by atoms with Gasteiger partial charge in [0.15, 0.2) is 5.78 Å². The smallest absolute Gasteiger partial charge is 0.325 e. The summed E-state index contributed by atoms with van der Waals surface area (Å²) in [6.07, 6.45) is 0. The van der Waals surface area contributed by atoms with Gasteiger partial charge in [-0.25, -0.2) is 4.79 Å². The maximum atomic E-state index is 13.1. The summed E-state index contributed by atoms with van der Waals surface area (Å²) in [7, 11) is 1.62. The molecule has 1 aliphatic heterocycles. The van der Waals surface area contributed by atoms with Crippen LogP contribution in [0.2, 0.25) is 0 Å². The highest BCUT2D eigenvalue weighted by atomic mass is 16.5. The van der Waals surface area contributed by atoms with E-state index in [0.717, 1.165) is 16.3 Å². The minimum atomic E-state index is -1.34. The molecule has 0 radical (unpaired) electrons. The average Bonchev–Trinajstić information content (AvgIpc) is 3.16. The summed E-state index contributed by atoms with van der Waals surface area (Å²) in [6.45, 7) is 7.46. The van der Waals surface area contributed by atoms with Crippen LogP contribution in [-0.2, 0) is 15.1 Å². The van der Waals surface area contributed by atoms with E-state index in [4.69, 9.17) is 10.00 Å². The third-order valence-electron chi connectivity index (χ3n) is 5.78. The van der Waals surface area contributed by atoms with Gasteiger partial charge in [0, 0.05) is 24.1 Å². The van der Waals surface area contributed by atoms with Crippen molar-refractivity contribution in [2.24, 2.45) is 0 Å². The Balaban J connectivity index is 1.86. The molecule has 2 atom stereocenters. The summed E-state index contributed by atoms with van der Waals surface area (Å²) < 4.78 is 7.24. The molecule has 0 aliphatic carbocycles. The summed E-state index contributed by atoms with van der Waals surface area (Å²) in [5.41, 5.74) is 1.68. The van der Waals surface area contributed by atoms with Crippen molar-refractivity contribution in [1.29, 1.82) is 5.26 Å².